The third kappa shape index (κ3) is 5.20. The van der Waals surface area contributed by atoms with Crippen LogP contribution in [0.15, 0.2) is 49.1 Å². The molecule has 0 atom stereocenters. The molecular weight excluding hydrogens is 300 g/mol. The van der Waals surface area contributed by atoms with Crippen molar-refractivity contribution in [3.05, 3.63) is 49.1 Å². The molecule has 0 unspecified atom stereocenters. The summed E-state index contributed by atoms with van der Waals surface area (Å²) in [4.78, 5) is 0. The SMILES string of the molecule is CCC[n+]1ccc(-c2cc[n+](CCCS(=O)(=O)[O-])cc2)cc1. The van der Waals surface area contributed by atoms with Gasteiger partial charge >= 0.3 is 0 Å². The molecule has 0 aliphatic carbocycles. The Bertz CT molecular complexity index is 695. The van der Waals surface area contributed by atoms with Gasteiger partial charge in [0.25, 0.3) is 0 Å². The van der Waals surface area contributed by atoms with Crippen molar-refractivity contribution in [1.29, 1.82) is 0 Å². The lowest BCUT2D eigenvalue weighted by molar-refractivity contribution is -0.697. The van der Waals surface area contributed by atoms with Crippen LogP contribution in [0.5, 0.6) is 0 Å². The quantitative estimate of drug-likeness (QED) is 0.570. The van der Waals surface area contributed by atoms with E-state index in [9.17, 15) is 13.0 Å². The number of hydrogen-bond donors (Lipinski definition) is 0. The minimum absolute atomic E-state index is 0.322. The van der Waals surface area contributed by atoms with Crippen molar-refractivity contribution in [3.8, 4) is 11.1 Å². The first-order valence-electron chi connectivity index (χ1n) is 7.40. The highest BCUT2D eigenvalue weighted by molar-refractivity contribution is 7.85. The van der Waals surface area contributed by atoms with Crippen molar-refractivity contribution in [2.45, 2.75) is 32.9 Å². The lowest BCUT2D eigenvalue weighted by Gasteiger charge is -2.04. The van der Waals surface area contributed by atoms with E-state index in [2.05, 4.69) is 36.0 Å². The Labute approximate surface area is 131 Å². The van der Waals surface area contributed by atoms with E-state index in [-0.39, 0.29) is 5.75 Å². The van der Waals surface area contributed by atoms with Gasteiger partial charge in [0, 0.05) is 42.9 Å². The molecule has 0 fully saturated rings. The highest BCUT2D eigenvalue weighted by atomic mass is 32.2. The van der Waals surface area contributed by atoms with Gasteiger partial charge in [0.15, 0.2) is 24.8 Å². The van der Waals surface area contributed by atoms with Gasteiger partial charge in [0.05, 0.1) is 10.1 Å². The predicted octanol–water partition coefficient (Wildman–Crippen LogP) is 1.27. The molecule has 0 saturated heterocycles. The van der Waals surface area contributed by atoms with Crippen LogP contribution < -0.4 is 9.13 Å². The molecule has 22 heavy (non-hydrogen) atoms. The molecule has 0 amide bonds. The van der Waals surface area contributed by atoms with Crippen LogP contribution in [0.2, 0.25) is 0 Å². The van der Waals surface area contributed by atoms with E-state index in [1.165, 1.54) is 0 Å². The molecule has 2 heterocycles. The zero-order valence-corrected chi connectivity index (χ0v) is 13.5. The number of hydrogen-bond acceptors (Lipinski definition) is 3. The first-order chi connectivity index (χ1) is 10.5. The fourth-order valence-corrected chi connectivity index (χ4v) is 2.76. The lowest BCUT2D eigenvalue weighted by Crippen LogP contribution is -2.33. The van der Waals surface area contributed by atoms with Gasteiger partial charge in [-0.1, -0.05) is 6.92 Å². The molecule has 0 N–H and O–H groups in total. The molecule has 6 heteroatoms. The van der Waals surface area contributed by atoms with Crippen LogP contribution in [0.1, 0.15) is 19.8 Å². The molecule has 0 spiro atoms. The van der Waals surface area contributed by atoms with E-state index >= 15 is 0 Å². The summed E-state index contributed by atoms with van der Waals surface area (Å²) in [6.07, 6.45) is 9.38. The Morgan fingerprint density at radius 3 is 1.77 bits per heavy atom. The monoisotopic (exact) mass is 321 g/mol. The standard InChI is InChI=1S/C16H21N2O3S/c1-2-8-17-10-4-15(5-11-17)16-6-12-18(13-7-16)9-3-14-22(19,20)21/h4-7,10-13H,2-3,8-9,14H2,1H3/q+1. The minimum atomic E-state index is -4.12. The summed E-state index contributed by atoms with van der Waals surface area (Å²) in [6.45, 7) is 3.68. The summed E-state index contributed by atoms with van der Waals surface area (Å²) in [5.41, 5.74) is 2.25. The van der Waals surface area contributed by atoms with Gasteiger partial charge in [0.2, 0.25) is 0 Å². The molecule has 0 radical (unpaired) electrons. The van der Waals surface area contributed by atoms with Crippen molar-refractivity contribution >= 4 is 10.1 Å². The first kappa shape index (κ1) is 16.6. The zero-order valence-electron chi connectivity index (χ0n) is 12.7. The van der Waals surface area contributed by atoms with Gasteiger partial charge < -0.3 is 4.55 Å². The van der Waals surface area contributed by atoms with Gasteiger partial charge in [-0.05, 0) is 11.1 Å². The van der Waals surface area contributed by atoms with Crippen LogP contribution in [0.3, 0.4) is 0 Å². The van der Waals surface area contributed by atoms with E-state index in [4.69, 9.17) is 0 Å². The van der Waals surface area contributed by atoms with Gasteiger partial charge in [-0.15, -0.1) is 0 Å². The summed E-state index contributed by atoms with van der Waals surface area (Å²) < 4.78 is 35.7. The maximum atomic E-state index is 10.6. The number of aryl methyl sites for hydroxylation is 2. The third-order valence-corrected chi connectivity index (χ3v) is 4.20. The molecule has 0 saturated carbocycles. The van der Waals surface area contributed by atoms with Gasteiger partial charge in [-0.2, -0.15) is 0 Å². The fourth-order valence-electron chi connectivity index (χ4n) is 2.28. The van der Waals surface area contributed by atoms with Crippen molar-refractivity contribution in [2.24, 2.45) is 0 Å². The molecule has 0 aromatic carbocycles. The van der Waals surface area contributed by atoms with Crippen LogP contribution in [0, 0.1) is 0 Å². The number of pyridine rings is 2. The Hall–Kier alpha value is -1.79. The summed E-state index contributed by atoms with van der Waals surface area (Å²) in [5.74, 6) is -0.322. The Kier molecular flexibility index (Phi) is 5.63. The average molecular weight is 321 g/mol. The summed E-state index contributed by atoms with van der Waals surface area (Å²) in [6, 6.07) is 8.15. The van der Waals surface area contributed by atoms with Crippen LogP contribution >= 0.6 is 0 Å². The zero-order chi connectivity index (χ0) is 16.0. The van der Waals surface area contributed by atoms with E-state index in [1.807, 2.05) is 29.1 Å². The summed E-state index contributed by atoms with van der Waals surface area (Å²) in [7, 11) is -4.12. The predicted molar refractivity (Wildman–Crippen MR) is 81.7 cm³/mol. The second-order valence-corrected chi connectivity index (χ2v) is 6.79. The normalized spacial score (nSPS) is 11.5. The molecule has 0 aliphatic rings. The largest absolute Gasteiger partial charge is 0.748 e. The molecule has 0 aliphatic heterocycles. The lowest BCUT2D eigenvalue weighted by atomic mass is 10.1. The average Bonchev–Trinajstić information content (AvgIpc) is 2.48. The van der Waals surface area contributed by atoms with Crippen LogP contribution in [-0.4, -0.2) is 18.7 Å². The van der Waals surface area contributed by atoms with E-state index in [0.29, 0.717) is 13.0 Å². The molecule has 2 rings (SSSR count). The summed E-state index contributed by atoms with van der Waals surface area (Å²) in [5, 5.41) is 0. The maximum Gasteiger partial charge on any atom is 0.169 e. The third-order valence-electron chi connectivity index (χ3n) is 3.41. The minimum Gasteiger partial charge on any atom is -0.748 e. The van der Waals surface area contributed by atoms with Gasteiger partial charge in [0.1, 0.15) is 13.1 Å². The molecule has 118 valence electrons. The molecule has 5 nitrogen and oxygen atoms in total. The highest BCUT2D eigenvalue weighted by Gasteiger charge is 2.06. The Morgan fingerprint density at radius 1 is 0.909 bits per heavy atom. The van der Waals surface area contributed by atoms with Crippen molar-refractivity contribution < 1.29 is 22.1 Å². The van der Waals surface area contributed by atoms with Crippen molar-refractivity contribution in [1.82, 2.24) is 0 Å². The van der Waals surface area contributed by atoms with Crippen molar-refractivity contribution in [3.63, 3.8) is 0 Å². The van der Waals surface area contributed by atoms with Crippen LogP contribution in [0.4, 0.5) is 0 Å². The topological polar surface area (TPSA) is 65.0 Å². The fraction of sp³-hybridized carbons (Fsp3) is 0.375. The van der Waals surface area contributed by atoms with E-state index in [1.54, 1.807) is 0 Å². The van der Waals surface area contributed by atoms with E-state index in [0.717, 1.165) is 24.1 Å². The highest BCUT2D eigenvalue weighted by Crippen LogP contribution is 2.15. The molecule has 2 aromatic heterocycles. The van der Waals surface area contributed by atoms with Gasteiger partial charge in [-0.3, -0.25) is 0 Å². The number of rotatable bonds is 7. The molecular formula is C16H21N2O3S+. The van der Waals surface area contributed by atoms with Gasteiger partial charge in [-0.25, -0.2) is 17.6 Å². The number of aromatic nitrogens is 2. The van der Waals surface area contributed by atoms with E-state index < -0.39 is 10.1 Å². The maximum absolute atomic E-state index is 10.6. The first-order valence-corrected chi connectivity index (χ1v) is 8.98. The second kappa shape index (κ2) is 7.47. The Morgan fingerprint density at radius 2 is 1.36 bits per heavy atom. The van der Waals surface area contributed by atoms with Crippen LogP contribution in [0.25, 0.3) is 11.1 Å². The van der Waals surface area contributed by atoms with Crippen molar-refractivity contribution in [2.75, 3.05) is 5.75 Å². The molecule has 2 aromatic rings. The van der Waals surface area contributed by atoms with Crippen LogP contribution in [-0.2, 0) is 23.2 Å². The summed E-state index contributed by atoms with van der Waals surface area (Å²) >= 11 is 0. The molecule has 0 bridgehead atoms. The number of nitrogens with zero attached hydrogens (tertiary/aromatic N) is 2. The smallest absolute Gasteiger partial charge is 0.169 e. The second-order valence-electron chi connectivity index (χ2n) is 5.26. The Balaban J connectivity index is 1.99.